The van der Waals surface area contributed by atoms with Crippen molar-refractivity contribution < 1.29 is 9.53 Å². The molecule has 0 aliphatic rings. The lowest BCUT2D eigenvalue weighted by atomic mass is 10.2. The number of primary amides is 1. The highest BCUT2D eigenvalue weighted by atomic mass is 35.5. The highest BCUT2D eigenvalue weighted by Crippen LogP contribution is 2.28. The van der Waals surface area contributed by atoms with Gasteiger partial charge in [0.25, 0.3) is 5.91 Å². The van der Waals surface area contributed by atoms with E-state index < -0.39 is 5.91 Å². The van der Waals surface area contributed by atoms with Crippen LogP contribution in [0.3, 0.4) is 0 Å². The van der Waals surface area contributed by atoms with Crippen LogP contribution in [0.2, 0.25) is 5.02 Å². The van der Waals surface area contributed by atoms with Gasteiger partial charge in [-0.1, -0.05) is 23.7 Å². The standard InChI is InChI=1S/C12H10ClN3O2/c13-8-3-1-2-4-10(8)18-11-5-7(12(15)17)9(14)6-16-11/h1-6H,14H2,(H2,15,17). The van der Waals surface area contributed by atoms with Gasteiger partial charge in [0.15, 0.2) is 0 Å². The minimum absolute atomic E-state index is 0.159. The average molecular weight is 264 g/mol. The third-order valence-corrected chi connectivity index (χ3v) is 2.54. The number of anilines is 1. The molecule has 2 aromatic rings. The molecule has 1 heterocycles. The molecule has 0 fully saturated rings. The topological polar surface area (TPSA) is 91.2 Å². The van der Waals surface area contributed by atoms with Gasteiger partial charge in [-0.15, -0.1) is 0 Å². The second-order valence-corrected chi connectivity index (χ2v) is 3.91. The summed E-state index contributed by atoms with van der Waals surface area (Å²) < 4.78 is 5.45. The predicted octanol–water partition coefficient (Wildman–Crippen LogP) is 2.21. The average Bonchev–Trinajstić information content (AvgIpc) is 2.34. The summed E-state index contributed by atoms with van der Waals surface area (Å²) in [5, 5.41) is 0.441. The van der Waals surface area contributed by atoms with E-state index in [0.29, 0.717) is 10.8 Å². The van der Waals surface area contributed by atoms with Crippen molar-refractivity contribution in [3.8, 4) is 11.6 Å². The molecule has 2 rings (SSSR count). The first-order valence-electron chi connectivity index (χ1n) is 5.05. The number of rotatable bonds is 3. The van der Waals surface area contributed by atoms with E-state index in [9.17, 15) is 4.79 Å². The van der Waals surface area contributed by atoms with E-state index in [0.717, 1.165) is 0 Å². The lowest BCUT2D eigenvalue weighted by molar-refractivity contribution is 0.100. The third kappa shape index (κ3) is 2.52. The molecule has 0 spiro atoms. The largest absolute Gasteiger partial charge is 0.437 e. The van der Waals surface area contributed by atoms with Gasteiger partial charge in [-0.05, 0) is 12.1 Å². The van der Waals surface area contributed by atoms with Gasteiger partial charge in [-0.2, -0.15) is 0 Å². The number of hydrogen-bond donors (Lipinski definition) is 2. The van der Waals surface area contributed by atoms with E-state index >= 15 is 0 Å². The summed E-state index contributed by atoms with van der Waals surface area (Å²) in [6.45, 7) is 0. The van der Waals surface area contributed by atoms with Crippen LogP contribution in [0.4, 0.5) is 5.69 Å². The number of benzene rings is 1. The van der Waals surface area contributed by atoms with Crippen LogP contribution >= 0.6 is 11.6 Å². The van der Waals surface area contributed by atoms with Crippen molar-refractivity contribution in [3.63, 3.8) is 0 Å². The Bertz CT molecular complexity index is 602. The monoisotopic (exact) mass is 263 g/mol. The molecule has 0 aliphatic heterocycles. The van der Waals surface area contributed by atoms with Gasteiger partial charge in [0, 0.05) is 6.07 Å². The zero-order valence-corrected chi connectivity index (χ0v) is 10.0. The molecule has 6 heteroatoms. The normalized spacial score (nSPS) is 10.1. The molecule has 1 aromatic heterocycles. The number of carbonyl (C=O) groups excluding carboxylic acids is 1. The van der Waals surface area contributed by atoms with Gasteiger partial charge in [0.2, 0.25) is 5.88 Å². The second kappa shape index (κ2) is 4.93. The summed E-state index contributed by atoms with van der Waals surface area (Å²) in [6.07, 6.45) is 1.31. The van der Waals surface area contributed by atoms with E-state index in [2.05, 4.69) is 4.98 Å². The summed E-state index contributed by atoms with van der Waals surface area (Å²) in [4.78, 5) is 15.1. The summed E-state index contributed by atoms with van der Waals surface area (Å²) in [6, 6.07) is 8.29. The van der Waals surface area contributed by atoms with Crippen molar-refractivity contribution in [2.75, 3.05) is 5.73 Å². The molecular formula is C12H10ClN3O2. The number of ether oxygens (including phenoxy) is 1. The maximum atomic E-state index is 11.1. The minimum atomic E-state index is -0.640. The van der Waals surface area contributed by atoms with Gasteiger partial charge in [-0.3, -0.25) is 4.79 Å². The Kier molecular flexibility index (Phi) is 3.34. The Hall–Kier alpha value is -2.27. The number of para-hydroxylation sites is 1. The van der Waals surface area contributed by atoms with Crippen LogP contribution in [0, 0.1) is 0 Å². The van der Waals surface area contributed by atoms with E-state index in [1.54, 1.807) is 24.3 Å². The third-order valence-electron chi connectivity index (χ3n) is 2.23. The fourth-order valence-corrected chi connectivity index (χ4v) is 1.53. The number of nitrogens with two attached hydrogens (primary N) is 2. The number of carbonyl (C=O) groups is 1. The van der Waals surface area contributed by atoms with Crippen molar-refractivity contribution in [2.24, 2.45) is 5.73 Å². The van der Waals surface area contributed by atoms with Crippen LogP contribution in [0.25, 0.3) is 0 Å². The Morgan fingerprint density at radius 3 is 2.72 bits per heavy atom. The number of pyridine rings is 1. The van der Waals surface area contributed by atoms with Gasteiger partial charge < -0.3 is 16.2 Å². The fraction of sp³-hybridized carbons (Fsp3) is 0. The van der Waals surface area contributed by atoms with E-state index in [1.165, 1.54) is 12.3 Å². The molecule has 0 atom stereocenters. The number of nitrogen functional groups attached to an aromatic ring is 1. The molecule has 18 heavy (non-hydrogen) atoms. The van der Waals surface area contributed by atoms with Gasteiger partial charge in [-0.25, -0.2) is 4.98 Å². The molecule has 1 aromatic carbocycles. The first-order chi connectivity index (χ1) is 8.58. The maximum Gasteiger partial charge on any atom is 0.251 e. The minimum Gasteiger partial charge on any atom is -0.437 e. The van der Waals surface area contributed by atoms with E-state index in [-0.39, 0.29) is 17.1 Å². The quantitative estimate of drug-likeness (QED) is 0.888. The zero-order chi connectivity index (χ0) is 13.1. The molecule has 4 N–H and O–H groups in total. The molecule has 0 bridgehead atoms. The molecule has 0 radical (unpaired) electrons. The van der Waals surface area contributed by atoms with Crippen molar-refractivity contribution in [3.05, 3.63) is 47.1 Å². The number of hydrogen-bond acceptors (Lipinski definition) is 4. The number of halogens is 1. The van der Waals surface area contributed by atoms with Crippen LogP contribution in [-0.2, 0) is 0 Å². The molecule has 0 aliphatic carbocycles. The molecular weight excluding hydrogens is 254 g/mol. The predicted molar refractivity (Wildman–Crippen MR) is 68.7 cm³/mol. The highest BCUT2D eigenvalue weighted by molar-refractivity contribution is 6.32. The van der Waals surface area contributed by atoms with Gasteiger partial charge in [0.05, 0.1) is 22.5 Å². The van der Waals surface area contributed by atoms with Crippen molar-refractivity contribution in [2.45, 2.75) is 0 Å². The van der Waals surface area contributed by atoms with Crippen molar-refractivity contribution >= 4 is 23.2 Å². The summed E-state index contributed by atoms with van der Waals surface area (Å²) >= 11 is 5.94. The Morgan fingerprint density at radius 1 is 1.33 bits per heavy atom. The Labute approximate surface area is 108 Å². The number of amides is 1. The molecule has 5 nitrogen and oxygen atoms in total. The molecule has 1 amide bonds. The van der Waals surface area contributed by atoms with Gasteiger partial charge >= 0.3 is 0 Å². The van der Waals surface area contributed by atoms with Crippen LogP contribution < -0.4 is 16.2 Å². The molecule has 92 valence electrons. The smallest absolute Gasteiger partial charge is 0.251 e. The molecule has 0 saturated heterocycles. The fourth-order valence-electron chi connectivity index (χ4n) is 1.36. The Balaban J connectivity index is 2.33. The summed E-state index contributed by atoms with van der Waals surface area (Å²) in [7, 11) is 0. The van der Waals surface area contributed by atoms with Crippen LogP contribution in [-0.4, -0.2) is 10.9 Å². The van der Waals surface area contributed by atoms with E-state index in [1.807, 2.05) is 0 Å². The first kappa shape index (κ1) is 12.2. The summed E-state index contributed by atoms with van der Waals surface area (Å²) in [5.41, 5.74) is 11.1. The number of nitrogens with zero attached hydrogens (tertiary/aromatic N) is 1. The van der Waals surface area contributed by atoms with Crippen LogP contribution in [0.15, 0.2) is 36.5 Å². The first-order valence-corrected chi connectivity index (χ1v) is 5.43. The SMILES string of the molecule is NC(=O)c1cc(Oc2ccccc2Cl)ncc1N. The van der Waals surface area contributed by atoms with Gasteiger partial charge in [0.1, 0.15) is 5.75 Å². The zero-order valence-electron chi connectivity index (χ0n) is 9.26. The molecule has 0 unspecified atom stereocenters. The van der Waals surface area contributed by atoms with Crippen molar-refractivity contribution in [1.82, 2.24) is 4.98 Å². The van der Waals surface area contributed by atoms with Crippen molar-refractivity contribution in [1.29, 1.82) is 0 Å². The lowest BCUT2D eigenvalue weighted by Gasteiger charge is -2.08. The van der Waals surface area contributed by atoms with E-state index in [4.69, 9.17) is 27.8 Å². The Morgan fingerprint density at radius 2 is 2.06 bits per heavy atom. The maximum absolute atomic E-state index is 11.1. The number of aromatic nitrogens is 1. The molecule has 0 saturated carbocycles. The lowest BCUT2D eigenvalue weighted by Crippen LogP contribution is -2.13. The summed E-state index contributed by atoms with van der Waals surface area (Å²) in [5.74, 6) is -0.00290. The van der Waals surface area contributed by atoms with Crippen LogP contribution in [0.5, 0.6) is 11.6 Å². The highest BCUT2D eigenvalue weighted by Gasteiger charge is 2.10. The van der Waals surface area contributed by atoms with Crippen LogP contribution in [0.1, 0.15) is 10.4 Å². The second-order valence-electron chi connectivity index (χ2n) is 3.51.